The van der Waals surface area contributed by atoms with Crippen molar-refractivity contribution in [1.82, 2.24) is 9.97 Å². The largest absolute Gasteiger partial charge is 0.393 e. The van der Waals surface area contributed by atoms with Crippen molar-refractivity contribution in [2.45, 2.75) is 17.6 Å². The van der Waals surface area contributed by atoms with Gasteiger partial charge >= 0.3 is 0 Å². The second-order valence-corrected chi connectivity index (χ2v) is 9.67. The molecule has 0 unspecified atom stereocenters. The number of β-amino-alcohol motifs (C(OH)–C–C–N with tert-alkyl or cyclic N) is 1. The topological polar surface area (TPSA) is 116 Å². The minimum absolute atomic E-state index is 0.0226. The van der Waals surface area contributed by atoms with E-state index >= 15 is 0 Å². The normalized spacial score (nSPS) is 15.3. The van der Waals surface area contributed by atoms with Crippen molar-refractivity contribution in [2.75, 3.05) is 29.3 Å². The van der Waals surface area contributed by atoms with Crippen molar-refractivity contribution in [3.8, 4) is 11.1 Å². The summed E-state index contributed by atoms with van der Waals surface area (Å²) >= 11 is 6.08. The Labute approximate surface area is 189 Å². The van der Waals surface area contributed by atoms with Gasteiger partial charge in [0.25, 0.3) is 10.0 Å². The smallest absolute Gasteiger partial charge is 0.282 e. The zero-order valence-electron chi connectivity index (χ0n) is 17.0. The first-order chi connectivity index (χ1) is 15.1. The van der Waals surface area contributed by atoms with Crippen LogP contribution in [-0.2, 0) is 10.0 Å². The van der Waals surface area contributed by atoms with E-state index < -0.39 is 28.0 Å². The summed E-state index contributed by atoms with van der Waals surface area (Å²) in [6.45, 7) is 1.46. The summed E-state index contributed by atoms with van der Waals surface area (Å²) in [5.74, 6) is -0.487. The molecule has 32 heavy (non-hydrogen) atoms. The fourth-order valence-electron chi connectivity index (χ4n) is 3.55. The molecular formula is C21H20ClFN4O4S. The molecule has 1 aliphatic heterocycles. The number of hydrogen-bond donors (Lipinski definition) is 3. The number of pyridine rings is 2. The zero-order chi connectivity index (χ0) is 23.1. The molecule has 8 nitrogen and oxygen atoms in total. The molecule has 0 amide bonds. The maximum Gasteiger partial charge on any atom is 0.282 e. The SMILES string of the molecule is Cc1c(Cl)cc(F)cc1-c1ccnc(NS(=O)(=O)c2ncccc2N2CC(O)(CO)C2)c1. The van der Waals surface area contributed by atoms with E-state index in [9.17, 15) is 23.0 Å². The highest BCUT2D eigenvalue weighted by molar-refractivity contribution is 7.92. The minimum atomic E-state index is -4.14. The predicted octanol–water partition coefficient (Wildman–Crippen LogP) is 2.59. The number of anilines is 2. The van der Waals surface area contributed by atoms with Crippen LogP contribution in [0.4, 0.5) is 15.9 Å². The number of aromatic nitrogens is 2. The van der Waals surface area contributed by atoms with Crippen LogP contribution < -0.4 is 9.62 Å². The van der Waals surface area contributed by atoms with Gasteiger partial charge in [0.1, 0.15) is 17.2 Å². The van der Waals surface area contributed by atoms with Crippen molar-refractivity contribution < 1.29 is 23.0 Å². The second-order valence-electron chi connectivity index (χ2n) is 7.66. The summed E-state index contributed by atoms with van der Waals surface area (Å²) in [5, 5.41) is 19.3. The van der Waals surface area contributed by atoms with Gasteiger partial charge in [-0.1, -0.05) is 11.6 Å². The molecule has 11 heteroatoms. The van der Waals surface area contributed by atoms with E-state index in [0.717, 1.165) is 0 Å². The summed E-state index contributed by atoms with van der Waals surface area (Å²) in [6.07, 6.45) is 2.75. The third kappa shape index (κ3) is 4.26. The van der Waals surface area contributed by atoms with Crippen molar-refractivity contribution in [3.63, 3.8) is 0 Å². The number of nitrogens with one attached hydrogen (secondary N) is 1. The molecule has 0 saturated carbocycles. The van der Waals surface area contributed by atoms with Crippen LogP contribution in [0, 0.1) is 12.7 Å². The van der Waals surface area contributed by atoms with Gasteiger partial charge in [-0.2, -0.15) is 8.42 Å². The summed E-state index contributed by atoms with van der Waals surface area (Å²) < 4.78 is 42.4. The molecule has 4 rings (SSSR count). The fraction of sp³-hybridized carbons (Fsp3) is 0.238. The van der Waals surface area contributed by atoms with Gasteiger partial charge in [-0.15, -0.1) is 0 Å². The number of nitrogens with zero attached hydrogens (tertiary/aromatic N) is 3. The molecule has 0 bridgehead atoms. The standard InChI is InChI=1S/C21H20ClFN4O4S/c1-13-16(8-15(23)9-17(13)22)14-4-6-24-19(7-14)26-32(30,31)20-18(3-2-5-25-20)27-10-21(29,11-27)12-28/h2-9,28-29H,10-12H2,1H3,(H,24,26). The summed E-state index contributed by atoms with van der Waals surface area (Å²) in [4.78, 5) is 9.68. The molecular weight excluding hydrogens is 459 g/mol. The van der Waals surface area contributed by atoms with Gasteiger partial charge in [0.2, 0.25) is 0 Å². The van der Waals surface area contributed by atoms with Crippen molar-refractivity contribution in [1.29, 1.82) is 0 Å². The Balaban J connectivity index is 1.65. The van der Waals surface area contributed by atoms with Crippen LogP contribution >= 0.6 is 11.6 Å². The summed E-state index contributed by atoms with van der Waals surface area (Å²) in [7, 11) is -4.14. The Bertz CT molecular complexity index is 1280. The highest BCUT2D eigenvalue weighted by Gasteiger charge is 2.42. The number of benzene rings is 1. The molecule has 0 atom stereocenters. The monoisotopic (exact) mass is 478 g/mol. The zero-order valence-corrected chi connectivity index (χ0v) is 18.5. The fourth-order valence-corrected chi connectivity index (χ4v) is 4.91. The Hall–Kier alpha value is -2.79. The lowest BCUT2D eigenvalue weighted by Crippen LogP contribution is -2.64. The van der Waals surface area contributed by atoms with Crippen molar-refractivity contribution in [2.24, 2.45) is 0 Å². The van der Waals surface area contributed by atoms with Crippen LogP contribution in [0.5, 0.6) is 0 Å². The first-order valence-electron chi connectivity index (χ1n) is 9.60. The van der Waals surface area contributed by atoms with Crippen molar-refractivity contribution >= 4 is 33.1 Å². The van der Waals surface area contributed by atoms with Crippen LogP contribution in [0.2, 0.25) is 5.02 Å². The van der Waals surface area contributed by atoms with Crippen LogP contribution in [0.25, 0.3) is 11.1 Å². The summed E-state index contributed by atoms with van der Waals surface area (Å²) in [5.41, 5.74) is 0.717. The minimum Gasteiger partial charge on any atom is -0.393 e. The second kappa shape index (κ2) is 8.28. The number of aliphatic hydroxyl groups excluding tert-OH is 1. The van der Waals surface area contributed by atoms with Gasteiger partial charge in [0, 0.05) is 17.4 Å². The lowest BCUT2D eigenvalue weighted by Gasteiger charge is -2.46. The van der Waals surface area contributed by atoms with Gasteiger partial charge in [-0.25, -0.2) is 14.4 Å². The molecule has 3 aromatic rings. The first kappa shape index (κ1) is 22.4. The molecule has 0 radical (unpaired) electrons. The molecule has 1 fully saturated rings. The predicted molar refractivity (Wildman–Crippen MR) is 119 cm³/mol. The van der Waals surface area contributed by atoms with E-state index in [1.807, 2.05) is 0 Å². The number of hydrogen-bond acceptors (Lipinski definition) is 7. The maximum absolute atomic E-state index is 13.9. The van der Waals surface area contributed by atoms with Crippen LogP contribution in [-0.4, -0.2) is 53.9 Å². The molecule has 2 aromatic heterocycles. The number of sulfonamides is 1. The molecule has 3 heterocycles. The first-order valence-corrected chi connectivity index (χ1v) is 11.5. The van der Waals surface area contributed by atoms with Crippen molar-refractivity contribution in [3.05, 3.63) is 65.2 Å². The van der Waals surface area contributed by atoms with Crippen LogP contribution in [0.15, 0.2) is 53.8 Å². The Morgan fingerprint density at radius 1 is 1.22 bits per heavy atom. The lowest BCUT2D eigenvalue weighted by atomic mass is 9.95. The molecule has 0 spiro atoms. The highest BCUT2D eigenvalue weighted by atomic mass is 35.5. The number of halogens is 2. The number of aliphatic hydroxyl groups is 2. The molecule has 1 aliphatic rings. The average molecular weight is 479 g/mol. The average Bonchev–Trinajstić information content (AvgIpc) is 2.74. The van der Waals surface area contributed by atoms with E-state index in [1.165, 1.54) is 30.6 Å². The van der Waals surface area contributed by atoms with E-state index in [0.29, 0.717) is 22.4 Å². The summed E-state index contributed by atoms with van der Waals surface area (Å²) in [6, 6.07) is 8.78. The Kier molecular flexibility index (Phi) is 5.80. The third-order valence-electron chi connectivity index (χ3n) is 5.23. The lowest BCUT2D eigenvalue weighted by molar-refractivity contribution is -0.0362. The van der Waals surface area contributed by atoms with E-state index in [4.69, 9.17) is 11.6 Å². The molecule has 0 aliphatic carbocycles. The Morgan fingerprint density at radius 3 is 2.69 bits per heavy atom. The van der Waals surface area contributed by atoms with E-state index in [2.05, 4.69) is 14.7 Å². The molecule has 3 N–H and O–H groups in total. The van der Waals surface area contributed by atoms with Gasteiger partial charge in [0.15, 0.2) is 5.03 Å². The maximum atomic E-state index is 13.9. The van der Waals surface area contributed by atoms with Crippen LogP contribution in [0.1, 0.15) is 5.56 Å². The molecule has 1 saturated heterocycles. The molecule has 1 aromatic carbocycles. The Morgan fingerprint density at radius 2 is 1.97 bits per heavy atom. The van der Waals surface area contributed by atoms with Gasteiger partial charge in [-0.3, -0.25) is 4.72 Å². The quantitative estimate of drug-likeness (QED) is 0.498. The molecule has 168 valence electrons. The third-order valence-corrected chi connectivity index (χ3v) is 6.92. The van der Waals surface area contributed by atoms with E-state index in [-0.39, 0.29) is 29.0 Å². The van der Waals surface area contributed by atoms with Gasteiger partial charge in [0.05, 0.1) is 25.4 Å². The van der Waals surface area contributed by atoms with Gasteiger partial charge in [-0.05, 0) is 60.0 Å². The van der Waals surface area contributed by atoms with Crippen LogP contribution in [0.3, 0.4) is 0 Å². The number of rotatable bonds is 6. The highest BCUT2D eigenvalue weighted by Crippen LogP contribution is 2.33. The van der Waals surface area contributed by atoms with Gasteiger partial charge < -0.3 is 15.1 Å². The van der Waals surface area contributed by atoms with E-state index in [1.54, 1.807) is 30.0 Å².